The van der Waals surface area contributed by atoms with Crippen LogP contribution in [0.2, 0.25) is 0 Å². The number of ether oxygens (including phenoxy) is 1. The lowest BCUT2D eigenvalue weighted by Gasteiger charge is -2.32. The number of rotatable bonds is 3. The Kier molecular flexibility index (Phi) is 4.71. The minimum atomic E-state index is -0.297. The summed E-state index contributed by atoms with van der Waals surface area (Å²) in [6, 6.07) is 9.73. The van der Waals surface area contributed by atoms with Gasteiger partial charge in [0, 0.05) is 31.5 Å². The summed E-state index contributed by atoms with van der Waals surface area (Å²) in [6.07, 6.45) is 5.82. The van der Waals surface area contributed by atoms with E-state index in [1.807, 2.05) is 30.3 Å². The van der Waals surface area contributed by atoms with Crippen molar-refractivity contribution in [1.82, 2.24) is 14.5 Å². The molecule has 3 rings (SSSR count). The third-order valence-corrected chi connectivity index (χ3v) is 4.07. The first-order chi connectivity index (χ1) is 11.2. The number of carbonyl (C=O) groups excluding carboxylic acids is 1. The van der Waals surface area contributed by atoms with Gasteiger partial charge in [-0.2, -0.15) is 0 Å². The van der Waals surface area contributed by atoms with E-state index in [0.717, 1.165) is 18.4 Å². The van der Waals surface area contributed by atoms with Gasteiger partial charge < -0.3 is 14.2 Å². The molecule has 2 aromatic rings. The number of hydrogen-bond acceptors (Lipinski definition) is 4. The number of likely N-dealkylation sites (tertiary alicyclic amines) is 1. The predicted molar refractivity (Wildman–Crippen MR) is 85.0 cm³/mol. The fourth-order valence-corrected chi connectivity index (χ4v) is 2.80. The average Bonchev–Trinajstić information content (AvgIpc) is 2.61. The quantitative estimate of drug-likeness (QED) is 0.871. The van der Waals surface area contributed by atoms with Crippen molar-refractivity contribution < 1.29 is 9.53 Å². The smallest absolute Gasteiger partial charge is 0.410 e. The van der Waals surface area contributed by atoms with Gasteiger partial charge in [0.2, 0.25) is 0 Å². The number of nitrogens with zero attached hydrogens (tertiary/aromatic N) is 3. The van der Waals surface area contributed by atoms with Crippen LogP contribution in [0.4, 0.5) is 4.79 Å². The number of benzene rings is 1. The molecule has 2 heterocycles. The van der Waals surface area contributed by atoms with E-state index in [4.69, 9.17) is 4.74 Å². The molecular formula is C17H19N3O3. The molecule has 0 saturated carbocycles. The van der Waals surface area contributed by atoms with Crippen LogP contribution < -0.4 is 5.56 Å². The Morgan fingerprint density at radius 1 is 1.22 bits per heavy atom. The van der Waals surface area contributed by atoms with Crippen LogP contribution in [-0.4, -0.2) is 33.6 Å². The number of piperidine rings is 1. The van der Waals surface area contributed by atoms with E-state index in [-0.39, 0.29) is 24.3 Å². The van der Waals surface area contributed by atoms with Crippen molar-refractivity contribution in [2.24, 2.45) is 0 Å². The van der Waals surface area contributed by atoms with Crippen molar-refractivity contribution in [2.75, 3.05) is 13.1 Å². The topological polar surface area (TPSA) is 64.4 Å². The van der Waals surface area contributed by atoms with Gasteiger partial charge in [0.15, 0.2) is 0 Å². The van der Waals surface area contributed by atoms with E-state index in [0.29, 0.717) is 13.1 Å². The van der Waals surface area contributed by atoms with Crippen LogP contribution in [0.25, 0.3) is 0 Å². The van der Waals surface area contributed by atoms with Crippen LogP contribution in [0.1, 0.15) is 24.4 Å². The van der Waals surface area contributed by atoms with Gasteiger partial charge in [-0.15, -0.1) is 0 Å². The summed E-state index contributed by atoms with van der Waals surface area (Å²) in [5, 5.41) is 0. The average molecular weight is 313 g/mol. The zero-order chi connectivity index (χ0) is 16.1. The Morgan fingerprint density at radius 3 is 2.65 bits per heavy atom. The molecule has 1 fully saturated rings. The standard InChI is InChI=1S/C17H19N3O3/c21-16-12-18-8-11-20(16)15-6-9-19(10-7-15)17(22)23-13-14-4-2-1-3-5-14/h1-5,8,11-12,15H,6-7,9-10,13H2. The van der Waals surface area contributed by atoms with E-state index in [9.17, 15) is 9.59 Å². The molecule has 1 aromatic heterocycles. The van der Waals surface area contributed by atoms with Crippen LogP contribution in [0.15, 0.2) is 53.7 Å². The van der Waals surface area contributed by atoms with Crippen LogP contribution in [0, 0.1) is 0 Å². The lowest BCUT2D eigenvalue weighted by Crippen LogP contribution is -2.40. The van der Waals surface area contributed by atoms with Crippen molar-refractivity contribution in [3.8, 4) is 0 Å². The summed E-state index contributed by atoms with van der Waals surface area (Å²) in [7, 11) is 0. The second kappa shape index (κ2) is 7.09. The minimum Gasteiger partial charge on any atom is -0.445 e. The molecule has 0 radical (unpaired) electrons. The van der Waals surface area contributed by atoms with Crippen LogP contribution in [0.5, 0.6) is 0 Å². The number of aromatic nitrogens is 2. The van der Waals surface area contributed by atoms with E-state index in [1.54, 1.807) is 21.9 Å². The minimum absolute atomic E-state index is 0.0994. The lowest BCUT2D eigenvalue weighted by atomic mass is 10.1. The Balaban J connectivity index is 1.51. The summed E-state index contributed by atoms with van der Waals surface area (Å²) in [4.78, 5) is 29.4. The highest BCUT2D eigenvalue weighted by Crippen LogP contribution is 2.21. The fraction of sp³-hybridized carbons (Fsp3) is 0.353. The second-order valence-corrected chi connectivity index (χ2v) is 5.58. The summed E-state index contributed by atoms with van der Waals surface area (Å²) in [5.41, 5.74) is 0.872. The van der Waals surface area contributed by atoms with Crippen LogP contribution in [-0.2, 0) is 11.3 Å². The van der Waals surface area contributed by atoms with Gasteiger partial charge in [0.25, 0.3) is 5.56 Å². The highest BCUT2D eigenvalue weighted by molar-refractivity contribution is 5.67. The van der Waals surface area contributed by atoms with Gasteiger partial charge >= 0.3 is 6.09 Å². The highest BCUT2D eigenvalue weighted by Gasteiger charge is 2.25. The van der Waals surface area contributed by atoms with Crippen LogP contribution >= 0.6 is 0 Å². The monoisotopic (exact) mass is 313 g/mol. The first kappa shape index (κ1) is 15.3. The SMILES string of the molecule is O=C(OCc1ccccc1)N1CCC(n2ccncc2=O)CC1. The first-order valence-corrected chi connectivity index (χ1v) is 7.72. The molecule has 1 amide bonds. The molecule has 1 saturated heterocycles. The Morgan fingerprint density at radius 2 is 1.96 bits per heavy atom. The normalized spacial score (nSPS) is 15.4. The fourth-order valence-electron chi connectivity index (χ4n) is 2.80. The predicted octanol–water partition coefficient (Wildman–Crippen LogP) is 2.22. The molecule has 0 unspecified atom stereocenters. The van der Waals surface area contributed by atoms with Gasteiger partial charge in [-0.3, -0.25) is 9.78 Å². The molecule has 6 nitrogen and oxygen atoms in total. The summed E-state index contributed by atoms with van der Waals surface area (Å²) in [5.74, 6) is 0. The molecule has 6 heteroatoms. The zero-order valence-electron chi connectivity index (χ0n) is 12.8. The zero-order valence-corrected chi connectivity index (χ0v) is 12.8. The number of amides is 1. The molecule has 0 bridgehead atoms. The Hall–Kier alpha value is -2.63. The van der Waals surface area contributed by atoms with Crippen molar-refractivity contribution in [1.29, 1.82) is 0 Å². The molecular weight excluding hydrogens is 294 g/mol. The highest BCUT2D eigenvalue weighted by atomic mass is 16.6. The molecule has 1 aromatic carbocycles. The maximum absolute atomic E-state index is 12.1. The van der Waals surface area contributed by atoms with Gasteiger partial charge in [-0.25, -0.2) is 4.79 Å². The molecule has 120 valence electrons. The largest absolute Gasteiger partial charge is 0.445 e. The van der Waals surface area contributed by atoms with Crippen molar-refractivity contribution in [3.05, 3.63) is 64.8 Å². The molecule has 0 spiro atoms. The second-order valence-electron chi connectivity index (χ2n) is 5.58. The van der Waals surface area contributed by atoms with Gasteiger partial charge in [-0.1, -0.05) is 30.3 Å². The first-order valence-electron chi connectivity index (χ1n) is 7.72. The number of carbonyl (C=O) groups is 1. The molecule has 0 aliphatic carbocycles. The van der Waals surface area contributed by atoms with E-state index in [2.05, 4.69) is 4.98 Å². The molecule has 23 heavy (non-hydrogen) atoms. The van der Waals surface area contributed by atoms with Gasteiger partial charge in [0.05, 0.1) is 6.20 Å². The van der Waals surface area contributed by atoms with Crippen molar-refractivity contribution in [3.63, 3.8) is 0 Å². The van der Waals surface area contributed by atoms with Gasteiger partial charge in [0.1, 0.15) is 6.61 Å². The van der Waals surface area contributed by atoms with Crippen molar-refractivity contribution in [2.45, 2.75) is 25.5 Å². The Labute approximate surface area is 134 Å². The summed E-state index contributed by atoms with van der Waals surface area (Å²) >= 11 is 0. The molecule has 0 N–H and O–H groups in total. The number of hydrogen-bond donors (Lipinski definition) is 0. The third-order valence-electron chi connectivity index (χ3n) is 4.07. The van der Waals surface area contributed by atoms with Crippen molar-refractivity contribution >= 4 is 6.09 Å². The van der Waals surface area contributed by atoms with Crippen LogP contribution in [0.3, 0.4) is 0 Å². The maximum Gasteiger partial charge on any atom is 0.410 e. The maximum atomic E-state index is 12.1. The summed E-state index contributed by atoms with van der Waals surface area (Å²) in [6.45, 7) is 1.46. The molecule has 1 aliphatic rings. The lowest BCUT2D eigenvalue weighted by molar-refractivity contribution is 0.0828. The molecule has 0 atom stereocenters. The van der Waals surface area contributed by atoms with E-state index < -0.39 is 0 Å². The van der Waals surface area contributed by atoms with Gasteiger partial charge in [-0.05, 0) is 18.4 Å². The van der Waals surface area contributed by atoms with E-state index >= 15 is 0 Å². The third kappa shape index (κ3) is 3.77. The van der Waals surface area contributed by atoms with E-state index in [1.165, 1.54) is 6.20 Å². The molecule has 1 aliphatic heterocycles. The summed E-state index contributed by atoms with van der Waals surface area (Å²) < 4.78 is 7.03. The Bertz CT molecular complexity index is 706.